The van der Waals surface area contributed by atoms with Gasteiger partial charge in [-0.15, -0.1) is 0 Å². The number of carbonyl (C=O) groups is 4. The van der Waals surface area contributed by atoms with Crippen LogP contribution in [0.4, 0.5) is 5.69 Å². The fourth-order valence-electron chi connectivity index (χ4n) is 3.30. The second-order valence-electron chi connectivity index (χ2n) is 6.90. The first-order valence-corrected chi connectivity index (χ1v) is 9.55. The van der Waals surface area contributed by atoms with Gasteiger partial charge in [-0.2, -0.15) is 0 Å². The number of methoxy groups -OCH3 is 1. The maximum atomic E-state index is 11.7. The van der Waals surface area contributed by atoms with Gasteiger partial charge in [0, 0.05) is 40.3 Å². The van der Waals surface area contributed by atoms with Crippen molar-refractivity contribution in [1.29, 1.82) is 0 Å². The summed E-state index contributed by atoms with van der Waals surface area (Å²) in [5.41, 5.74) is 0.939. The molecule has 2 unspecified atom stereocenters. The monoisotopic (exact) mass is 438 g/mol. The van der Waals surface area contributed by atoms with Crippen LogP contribution < -0.4 is 10.1 Å². The van der Waals surface area contributed by atoms with Gasteiger partial charge in [-0.3, -0.25) is 19.2 Å². The number of hydrogen-bond acceptors (Lipinski definition) is 10. The number of nitrogens with one attached hydrogen (secondary N) is 1. The number of pyridine rings is 1. The Bertz CT molecular complexity index is 842. The molecule has 0 bridgehead atoms. The van der Waals surface area contributed by atoms with Crippen molar-refractivity contribution in [2.75, 3.05) is 19.0 Å². The van der Waals surface area contributed by atoms with E-state index in [2.05, 4.69) is 10.3 Å². The Kier molecular flexibility index (Phi) is 8.31. The van der Waals surface area contributed by atoms with Crippen LogP contribution >= 0.6 is 0 Å². The number of hydrogen-bond donors (Lipinski definition) is 1. The van der Waals surface area contributed by atoms with Crippen LogP contribution in [0.3, 0.4) is 0 Å². The van der Waals surface area contributed by atoms with Gasteiger partial charge in [-0.05, 0) is 11.6 Å². The van der Waals surface area contributed by atoms with Crippen molar-refractivity contribution in [3.63, 3.8) is 0 Å². The Morgan fingerprint density at radius 2 is 1.61 bits per heavy atom. The largest absolute Gasteiger partial charge is 0.480 e. The summed E-state index contributed by atoms with van der Waals surface area (Å²) in [6, 6.07) is 1.65. The minimum Gasteiger partial charge on any atom is -0.480 e. The van der Waals surface area contributed by atoms with Gasteiger partial charge in [0.1, 0.15) is 24.5 Å². The molecular weight excluding hydrogens is 412 g/mol. The molecule has 170 valence electrons. The van der Waals surface area contributed by atoms with Crippen molar-refractivity contribution in [2.24, 2.45) is 0 Å². The van der Waals surface area contributed by atoms with Gasteiger partial charge in [0.05, 0.1) is 7.11 Å². The first-order valence-electron chi connectivity index (χ1n) is 9.55. The van der Waals surface area contributed by atoms with Crippen molar-refractivity contribution in [3.8, 4) is 5.88 Å². The van der Waals surface area contributed by atoms with Gasteiger partial charge in [0.15, 0.2) is 12.2 Å². The van der Waals surface area contributed by atoms with Gasteiger partial charge < -0.3 is 29.0 Å². The zero-order chi connectivity index (χ0) is 23.1. The molecule has 2 rings (SSSR count). The summed E-state index contributed by atoms with van der Waals surface area (Å²) in [5.74, 6) is -1.88. The van der Waals surface area contributed by atoms with Crippen LogP contribution in [0.1, 0.15) is 33.3 Å². The molecule has 1 aliphatic rings. The first-order chi connectivity index (χ1) is 14.6. The third kappa shape index (κ3) is 6.64. The van der Waals surface area contributed by atoms with Gasteiger partial charge in [0.25, 0.3) is 0 Å². The summed E-state index contributed by atoms with van der Waals surface area (Å²) in [7, 11) is 1.41. The van der Waals surface area contributed by atoms with E-state index in [4.69, 9.17) is 23.7 Å². The molecule has 1 N–H and O–H groups in total. The number of aromatic nitrogens is 1. The Hall–Kier alpha value is -3.21. The molecule has 0 spiro atoms. The molecule has 0 aromatic carbocycles. The molecule has 0 saturated carbocycles. The summed E-state index contributed by atoms with van der Waals surface area (Å²) < 4.78 is 27.0. The maximum Gasteiger partial charge on any atom is 0.303 e. The molecule has 1 saturated heterocycles. The zero-order valence-corrected chi connectivity index (χ0v) is 18.0. The van der Waals surface area contributed by atoms with E-state index in [-0.39, 0.29) is 24.8 Å². The molecule has 1 aromatic rings. The average molecular weight is 438 g/mol. The highest BCUT2D eigenvalue weighted by molar-refractivity contribution is 5.91. The van der Waals surface area contributed by atoms with Crippen molar-refractivity contribution < 1.29 is 42.9 Å². The fraction of sp³-hybridized carbons (Fsp3) is 0.550. The molecule has 0 radical (unpaired) electrons. The fourth-order valence-corrected chi connectivity index (χ4v) is 3.30. The Morgan fingerprint density at radius 3 is 2.13 bits per heavy atom. The van der Waals surface area contributed by atoms with Gasteiger partial charge in [-0.1, -0.05) is 0 Å². The summed E-state index contributed by atoms with van der Waals surface area (Å²) in [4.78, 5) is 50.3. The lowest BCUT2D eigenvalue weighted by Gasteiger charge is -2.24. The molecule has 11 nitrogen and oxygen atoms in total. The minimum absolute atomic E-state index is 0.154. The molecule has 1 aromatic heterocycles. The summed E-state index contributed by atoms with van der Waals surface area (Å²) >= 11 is 0. The number of rotatable bonds is 8. The van der Waals surface area contributed by atoms with E-state index in [1.165, 1.54) is 41.0 Å². The lowest BCUT2D eigenvalue weighted by atomic mass is 10.0. The second-order valence-corrected chi connectivity index (χ2v) is 6.90. The van der Waals surface area contributed by atoms with E-state index >= 15 is 0 Å². The van der Waals surface area contributed by atoms with Crippen LogP contribution in [0.15, 0.2) is 12.3 Å². The van der Waals surface area contributed by atoms with Crippen molar-refractivity contribution in [1.82, 2.24) is 4.98 Å². The molecule has 1 amide bonds. The normalized spacial score (nSPS) is 22.4. The van der Waals surface area contributed by atoms with Crippen LogP contribution in [-0.2, 0) is 44.5 Å². The number of amides is 1. The molecule has 1 fully saturated rings. The van der Waals surface area contributed by atoms with E-state index in [0.717, 1.165) is 0 Å². The lowest BCUT2D eigenvalue weighted by molar-refractivity contribution is -0.165. The number of esters is 3. The van der Waals surface area contributed by atoms with Crippen LogP contribution in [0, 0.1) is 0 Å². The van der Waals surface area contributed by atoms with E-state index in [1.807, 2.05) is 0 Å². The third-order valence-electron chi connectivity index (χ3n) is 4.38. The number of nitrogens with zero attached hydrogens (tertiary/aromatic N) is 1. The molecule has 1 aliphatic heterocycles. The number of carbonyl (C=O) groups excluding carboxylic acids is 4. The molecule has 4 atom stereocenters. The first kappa shape index (κ1) is 24.1. The predicted octanol–water partition coefficient (Wildman–Crippen LogP) is 0.785. The standard InChI is InChI=1S/C20H26N2O9/c1-10(23)22-17-14(6-7-21-20(17)27-5)8-15-18(29-12(3)25)19(30-13(4)26)16(31-15)9-28-11(2)24/h6-7,15-16,18-19H,8-9H2,1-5H3,(H,22,23)/t15-,16+,18?,19?/m0/s1. The van der Waals surface area contributed by atoms with Crippen molar-refractivity contribution in [2.45, 2.75) is 58.5 Å². The molecule has 0 aliphatic carbocycles. The average Bonchev–Trinajstić information content (AvgIpc) is 2.96. The topological polar surface area (TPSA) is 139 Å². The molecule has 11 heteroatoms. The number of anilines is 1. The highest BCUT2D eigenvalue weighted by Crippen LogP contribution is 2.33. The van der Waals surface area contributed by atoms with E-state index in [1.54, 1.807) is 6.07 Å². The SMILES string of the molecule is COc1nccc(C[C@@H]2O[C@H](COC(C)=O)C(OC(C)=O)C2OC(C)=O)c1NC(C)=O. The summed E-state index contributed by atoms with van der Waals surface area (Å²) in [6.07, 6.45) is -1.93. The van der Waals surface area contributed by atoms with Gasteiger partial charge in [-0.25, -0.2) is 4.98 Å². The third-order valence-corrected chi connectivity index (χ3v) is 4.38. The van der Waals surface area contributed by atoms with Gasteiger partial charge in [0.2, 0.25) is 11.8 Å². The highest BCUT2D eigenvalue weighted by atomic mass is 16.6. The highest BCUT2D eigenvalue weighted by Gasteiger charge is 2.49. The van der Waals surface area contributed by atoms with Crippen molar-refractivity contribution >= 4 is 29.5 Å². The van der Waals surface area contributed by atoms with Crippen molar-refractivity contribution in [3.05, 3.63) is 17.8 Å². The van der Waals surface area contributed by atoms with Crippen LogP contribution in [-0.4, -0.2) is 66.9 Å². The van der Waals surface area contributed by atoms with Crippen LogP contribution in [0.5, 0.6) is 5.88 Å². The maximum absolute atomic E-state index is 11.7. The van der Waals surface area contributed by atoms with E-state index in [0.29, 0.717) is 11.3 Å². The Morgan fingerprint density at radius 1 is 1.00 bits per heavy atom. The minimum atomic E-state index is -0.987. The summed E-state index contributed by atoms with van der Waals surface area (Å²) in [5, 5.41) is 2.67. The second kappa shape index (κ2) is 10.7. The summed E-state index contributed by atoms with van der Waals surface area (Å²) in [6.45, 7) is 4.82. The zero-order valence-electron chi connectivity index (χ0n) is 18.0. The van der Waals surface area contributed by atoms with Crippen LogP contribution in [0.25, 0.3) is 0 Å². The number of ether oxygens (including phenoxy) is 5. The smallest absolute Gasteiger partial charge is 0.303 e. The van der Waals surface area contributed by atoms with Gasteiger partial charge >= 0.3 is 17.9 Å². The van der Waals surface area contributed by atoms with E-state index < -0.39 is 42.3 Å². The molecule has 31 heavy (non-hydrogen) atoms. The predicted molar refractivity (Wildman–Crippen MR) is 105 cm³/mol. The molecule has 2 heterocycles. The molecular formula is C20H26N2O9. The lowest BCUT2D eigenvalue weighted by Crippen LogP contribution is -2.41. The Labute approximate surface area is 179 Å². The van der Waals surface area contributed by atoms with Crippen LogP contribution in [0.2, 0.25) is 0 Å². The van der Waals surface area contributed by atoms with E-state index in [9.17, 15) is 19.2 Å². The quantitative estimate of drug-likeness (QED) is 0.457. The Balaban J connectivity index is 2.38.